The number of carbonyl (C=O) groups is 11. The van der Waals surface area contributed by atoms with Crippen molar-refractivity contribution >= 4 is 77.1 Å². The predicted molar refractivity (Wildman–Crippen MR) is 274 cm³/mol. The van der Waals surface area contributed by atoms with Crippen LogP contribution in [0.2, 0.25) is 0 Å². The molecule has 0 aromatic heterocycles. The summed E-state index contributed by atoms with van der Waals surface area (Å²) in [6.45, 7) is 1.43. The number of hydrogen-bond acceptors (Lipinski definition) is 15. The highest BCUT2D eigenvalue weighted by Crippen LogP contribution is 2.10. The van der Waals surface area contributed by atoms with Gasteiger partial charge >= 0.3 is 17.9 Å². The largest absolute Gasteiger partial charge is 0.481 e. The highest BCUT2D eigenvalue weighted by molar-refractivity contribution is 5.99. The van der Waals surface area contributed by atoms with E-state index in [0.29, 0.717) is 17.5 Å². The molecule has 0 radical (unpaired) electrons. The predicted octanol–water partition coefficient (Wildman–Crippen LogP) is -6.15. The standard InChI is InChI=1S/C47H69N15O15/c1-24(56-44(75)34(23-63)62-43(74)32(21-35(64)65)60-41(72)30(19-26-11-5-3-6-12-26)58-39(70)28(48)15-9-17-53-46(49)50)37(68)55-25(2)38(69)57-29(16-10-18-54-47(51)52)40(71)59-31(20-27-13-7-4-8-14-27)42(73)61-33(45(76)77)22-36(66)67/h3-8,11-14,24-25,28-34,63H,9-10,15-23,48H2,1-2H3,(H,55,68)(H,56,75)(H,57,69)(H,58,70)(H,59,71)(H,60,72)(H,61,73)(H,62,74)(H,64,65)(H,66,67)(H,76,77)(H4,49,50,53)(H4,51,52,54)/t24-,25-,28-,29-,30-,31-,32-,33-,34-/m0/s1. The van der Waals surface area contributed by atoms with Crippen molar-refractivity contribution < 1.29 is 73.2 Å². The van der Waals surface area contributed by atoms with Gasteiger partial charge in [0.25, 0.3) is 0 Å². The summed E-state index contributed by atoms with van der Waals surface area (Å²) in [5.74, 6) is -13.4. The lowest BCUT2D eigenvalue weighted by Crippen LogP contribution is -2.60. The lowest BCUT2D eigenvalue weighted by Gasteiger charge is -2.26. The quantitative estimate of drug-likeness (QED) is 0.0176. The molecule has 0 bridgehead atoms. The smallest absolute Gasteiger partial charge is 0.326 e. The number of nitrogens with two attached hydrogens (primary N) is 5. The number of carboxylic acids is 3. The first-order valence-electron chi connectivity index (χ1n) is 24.0. The fraction of sp³-hybridized carbons (Fsp3) is 0.468. The molecule has 0 unspecified atom stereocenters. The molecule has 0 saturated carbocycles. The number of nitrogens with zero attached hydrogens (tertiary/aromatic N) is 2. The molecular weight excluding hydrogens is 1010 g/mol. The summed E-state index contributed by atoms with van der Waals surface area (Å²) in [6.07, 6.45) is -2.02. The van der Waals surface area contributed by atoms with Gasteiger partial charge in [-0.15, -0.1) is 0 Å². The van der Waals surface area contributed by atoms with Crippen molar-refractivity contribution in [2.75, 3.05) is 19.7 Å². The molecule has 0 aliphatic heterocycles. The highest BCUT2D eigenvalue weighted by Gasteiger charge is 2.35. The van der Waals surface area contributed by atoms with Crippen molar-refractivity contribution in [2.45, 2.75) is 120 Å². The topological polar surface area (TPSA) is 520 Å². The zero-order chi connectivity index (χ0) is 57.8. The summed E-state index contributed by atoms with van der Waals surface area (Å²) >= 11 is 0. The van der Waals surface area contributed by atoms with E-state index in [1.165, 1.54) is 13.8 Å². The number of aliphatic carboxylic acids is 3. The van der Waals surface area contributed by atoms with Crippen molar-refractivity contribution in [1.29, 1.82) is 0 Å². The van der Waals surface area contributed by atoms with Crippen molar-refractivity contribution in [3.8, 4) is 0 Å². The van der Waals surface area contributed by atoms with E-state index in [0.717, 1.165) is 0 Å². The van der Waals surface area contributed by atoms with E-state index in [1.807, 2.05) is 0 Å². The lowest BCUT2D eigenvalue weighted by atomic mass is 10.0. The minimum absolute atomic E-state index is 0.0193. The van der Waals surface area contributed by atoms with Crippen molar-refractivity contribution in [1.82, 2.24) is 42.5 Å². The molecular formula is C47H69N15O15. The van der Waals surface area contributed by atoms with Crippen LogP contribution in [0.15, 0.2) is 70.6 Å². The molecule has 8 amide bonds. The van der Waals surface area contributed by atoms with Gasteiger partial charge in [-0.3, -0.25) is 57.9 Å². The molecule has 77 heavy (non-hydrogen) atoms. The van der Waals surface area contributed by atoms with E-state index >= 15 is 0 Å². The third kappa shape index (κ3) is 24.8. The van der Waals surface area contributed by atoms with Gasteiger partial charge in [-0.2, -0.15) is 0 Å². The number of guanidine groups is 2. The number of nitrogens with one attached hydrogen (secondary N) is 8. The molecule has 0 fully saturated rings. The van der Waals surface area contributed by atoms with Crippen LogP contribution in [-0.2, 0) is 65.6 Å². The van der Waals surface area contributed by atoms with Gasteiger partial charge in [0.15, 0.2) is 11.9 Å². The fourth-order valence-corrected chi connectivity index (χ4v) is 6.94. The number of hydrogen-bond donors (Lipinski definition) is 17. The molecule has 0 saturated heterocycles. The number of rotatable bonds is 34. The summed E-state index contributed by atoms with van der Waals surface area (Å²) in [5.41, 5.74) is 28.6. The van der Waals surface area contributed by atoms with Gasteiger partial charge in [-0.25, -0.2) is 4.79 Å². The third-order valence-corrected chi connectivity index (χ3v) is 11.0. The Balaban J connectivity index is 2.21. The Bertz CT molecular complexity index is 2420. The Morgan fingerprint density at radius 3 is 1.26 bits per heavy atom. The van der Waals surface area contributed by atoms with Crippen LogP contribution in [0.25, 0.3) is 0 Å². The molecule has 422 valence electrons. The zero-order valence-electron chi connectivity index (χ0n) is 42.3. The minimum atomic E-state index is -1.89. The molecule has 2 aromatic carbocycles. The van der Waals surface area contributed by atoms with E-state index in [-0.39, 0.29) is 57.1 Å². The maximum absolute atomic E-state index is 13.8. The molecule has 0 heterocycles. The molecule has 22 N–H and O–H groups in total. The number of aliphatic hydroxyl groups excluding tert-OH is 1. The molecule has 30 nitrogen and oxygen atoms in total. The average Bonchev–Trinajstić information content (AvgIpc) is 3.36. The van der Waals surface area contributed by atoms with Crippen LogP contribution >= 0.6 is 0 Å². The van der Waals surface area contributed by atoms with Gasteiger partial charge in [0.05, 0.1) is 25.5 Å². The maximum Gasteiger partial charge on any atom is 0.326 e. The molecule has 0 spiro atoms. The Labute approximate surface area is 441 Å². The average molecular weight is 1080 g/mol. The van der Waals surface area contributed by atoms with Crippen LogP contribution in [0.1, 0.15) is 63.5 Å². The first-order chi connectivity index (χ1) is 36.3. The highest BCUT2D eigenvalue weighted by atomic mass is 16.4. The van der Waals surface area contributed by atoms with Crippen LogP contribution < -0.4 is 71.2 Å². The number of aliphatic imine (C=N–C) groups is 2. The van der Waals surface area contributed by atoms with Crippen molar-refractivity contribution in [3.05, 3.63) is 71.8 Å². The van der Waals surface area contributed by atoms with Gasteiger partial charge in [0.1, 0.15) is 48.3 Å². The summed E-state index contributed by atoms with van der Waals surface area (Å²) in [7, 11) is 0. The van der Waals surface area contributed by atoms with Gasteiger partial charge in [-0.05, 0) is 50.7 Å². The SMILES string of the molecule is C[C@H](NC(=O)[C@H](C)NC(=O)[C@H](CO)NC(=O)[C@H](CC(=O)O)NC(=O)[C@H](Cc1ccccc1)NC(=O)[C@@H](N)CCCN=C(N)N)C(=O)N[C@@H](CCCN=C(N)N)C(=O)N[C@@H](Cc1ccccc1)C(=O)N[C@@H](CC(=O)O)C(=O)O. The molecule has 30 heteroatoms. The monoisotopic (exact) mass is 1080 g/mol. The third-order valence-electron chi connectivity index (χ3n) is 11.0. The normalized spacial score (nSPS) is 14.2. The maximum atomic E-state index is 13.8. The summed E-state index contributed by atoms with van der Waals surface area (Å²) in [5, 5.41) is 57.0. The van der Waals surface area contributed by atoms with Gasteiger partial charge in [-0.1, -0.05) is 60.7 Å². The van der Waals surface area contributed by atoms with E-state index in [9.17, 15) is 73.2 Å². The van der Waals surface area contributed by atoms with Crippen LogP contribution in [0.3, 0.4) is 0 Å². The second kappa shape index (κ2) is 33.1. The van der Waals surface area contributed by atoms with Crippen LogP contribution in [-0.4, -0.2) is 172 Å². The Morgan fingerprint density at radius 1 is 0.455 bits per heavy atom. The number of carbonyl (C=O) groups excluding carboxylic acids is 8. The lowest BCUT2D eigenvalue weighted by molar-refractivity contribution is -0.147. The number of aliphatic hydroxyl groups is 1. The van der Waals surface area contributed by atoms with Crippen LogP contribution in [0.4, 0.5) is 0 Å². The molecule has 2 rings (SSSR count). The minimum Gasteiger partial charge on any atom is -0.481 e. The Kier molecular flexibility index (Phi) is 27.6. The molecule has 0 aliphatic rings. The summed E-state index contributed by atoms with van der Waals surface area (Å²) in [6, 6.07) is 2.46. The first-order valence-corrected chi connectivity index (χ1v) is 24.0. The summed E-state index contributed by atoms with van der Waals surface area (Å²) < 4.78 is 0. The molecule has 9 atom stereocenters. The van der Waals surface area contributed by atoms with Crippen molar-refractivity contribution in [3.63, 3.8) is 0 Å². The Hall–Kier alpha value is -8.93. The van der Waals surface area contributed by atoms with Crippen LogP contribution in [0.5, 0.6) is 0 Å². The van der Waals surface area contributed by atoms with Crippen LogP contribution in [0, 0.1) is 0 Å². The summed E-state index contributed by atoms with van der Waals surface area (Å²) in [4.78, 5) is 150. The number of amides is 8. The van der Waals surface area contributed by atoms with Gasteiger partial charge < -0.3 is 91.6 Å². The Morgan fingerprint density at radius 2 is 0.805 bits per heavy atom. The van der Waals surface area contributed by atoms with E-state index in [1.54, 1.807) is 60.7 Å². The van der Waals surface area contributed by atoms with Gasteiger partial charge in [0.2, 0.25) is 47.3 Å². The second-order valence-corrected chi connectivity index (χ2v) is 17.4. The zero-order valence-corrected chi connectivity index (χ0v) is 42.3. The van der Waals surface area contributed by atoms with E-state index < -0.39 is 139 Å². The number of carboxylic acid groups (broad SMARTS) is 3. The molecule has 0 aliphatic carbocycles. The van der Waals surface area contributed by atoms with Gasteiger partial charge in [0, 0.05) is 25.9 Å². The second-order valence-electron chi connectivity index (χ2n) is 17.4. The van der Waals surface area contributed by atoms with Crippen molar-refractivity contribution in [2.24, 2.45) is 38.7 Å². The van der Waals surface area contributed by atoms with E-state index in [4.69, 9.17) is 28.7 Å². The number of benzene rings is 2. The first kappa shape index (κ1) is 64.2. The molecule has 2 aromatic rings. The fourth-order valence-electron chi connectivity index (χ4n) is 6.94. The van der Waals surface area contributed by atoms with E-state index in [2.05, 4.69) is 52.5 Å².